The molecule has 0 aliphatic rings. The van der Waals surface area contributed by atoms with Crippen molar-refractivity contribution in [2.45, 2.75) is 13.5 Å². The molecule has 2 aromatic carbocycles. The van der Waals surface area contributed by atoms with Gasteiger partial charge in [0.1, 0.15) is 0 Å². The number of para-hydroxylation sites is 1. The number of rotatable bonds is 2. The first-order valence-electron chi connectivity index (χ1n) is 6.32. The van der Waals surface area contributed by atoms with Gasteiger partial charge in [0.15, 0.2) is 0 Å². The van der Waals surface area contributed by atoms with Gasteiger partial charge in [0.05, 0.1) is 11.6 Å². The zero-order chi connectivity index (χ0) is 13.2. The minimum absolute atomic E-state index is 0.714. The molecular formula is C17H14N2. The molecular weight excluding hydrogens is 232 g/mol. The maximum Gasteiger partial charge on any atom is 0.0991 e. The summed E-state index contributed by atoms with van der Waals surface area (Å²) in [4.78, 5) is 0. The molecule has 2 heteroatoms. The van der Waals surface area contributed by atoms with Crippen molar-refractivity contribution in [1.82, 2.24) is 4.57 Å². The van der Waals surface area contributed by atoms with Crippen LogP contribution in [0.4, 0.5) is 0 Å². The molecule has 0 atom stereocenters. The minimum Gasteiger partial charge on any atom is -0.340 e. The maximum absolute atomic E-state index is 8.96. The average Bonchev–Trinajstić information content (AvgIpc) is 2.76. The second-order valence-corrected chi connectivity index (χ2v) is 4.74. The number of aryl methyl sites for hydroxylation is 1. The molecule has 0 saturated heterocycles. The van der Waals surface area contributed by atoms with E-state index in [1.165, 1.54) is 16.6 Å². The number of nitrogens with zero attached hydrogens (tertiary/aromatic N) is 2. The Morgan fingerprint density at radius 2 is 1.89 bits per heavy atom. The topological polar surface area (TPSA) is 28.7 Å². The van der Waals surface area contributed by atoms with Gasteiger partial charge in [-0.1, -0.05) is 30.3 Å². The largest absolute Gasteiger partial charge is 0.340 e. The van der Waals surface area contributed by atoms with Crippen molar-refractivity contribution in [1.29, 1.82) is 5.26 Å². The lowest BCUT2D eigenvalue weighted by Gasteiger charge is -2.08. The molecule has 0 N–H and O–H groups in total. The van der Waals surface area contributed by atoms with Crippen molar-refractivity contribution < 1.29 is 0 Å². The second-order valence-electron chi connectivity index (χ2n) is 4.74. The lowest BCUT2D eigenvalue weighted by atomic mass is 10.1. The Hall–Kier alpha value is -2.53. The molecule has 0 fully saturated rings. The fraction of sp³-hybridized carbons (Fsp3) is 0.118. The highest BCUT2D eigenvalue weighted by molar-refractivity contribution is 5.81. The highest BCUT2D eigenvalue weighted by atomic mass is 15.0. The van der Waals surface area contributed by atoms with Crippen molar-refractivity contribution in [3.05, 3.63) is 71.4 Å². The molecule has 3 rings (SSSR count). The zero-order valence-corrected chi connectivity index (χ0v) is 10.8. The SMILES string of the molecule is Cc1cc2ccccc2n1Cc1cccc(C#N)c1. The summed E-state index contributed by atoms with van der Waals surface area (Å²) >= 11 is 0. The lowest BCUT2D eigenvalue weighted by Crippen LogP contribution is -2.01. The van der Waals surface area contributed by atoms with E-state index in [-0.39, 0.29) is 0 Å². The Balaban J connectivity index is 2.06. The van der Waals surface area contributed by atoms with Crippen molar-refractivity contribution in [3.63, 3.8) is 0 Å². The van der Waals surface area contributed by atoms with Crippen LogP contribution in [0.2, 0.25) is 0 Å². The Kier molecular flexibility index (Phi) is 2.81. The van der Waals surface area contributed by atoms with Crippen molar-refractivity contribution >= 4 is 10.9 Å². The van der Waals surface area contributed by atoms with Crippen LogP contribution in [0.3, 0.4) is 0 Å². The third kappa shape index (κ3) is 2.11. The van der Waals surface area contributed by atoms with E-state index < -0.39 is 0 Å². The number of hydrogen-bond donors (Lipinski definition) is 0. The minimum atomic E-state index is 0.714. The third-order valence-electron chi connectivity index (χ3n) is 3.41. The molecule has 0 saturated carbocycles. The maximum atomic E-state index is 8.96. The molecule has 0 aliphatic carbocycles. The van der Waals surface area contributed by atoms with Gasteiger partial charge >= 0.3 is 0 Å². The van der Waals surface area contributed by atoms with Crippen molar-refractivity contribution in [2.24, 2.45) is 0 Å². The van der Waals surface area contributed by atoms with E-state index in [1.54, 1.807) is 0 Å². The van der Waals surface area contributed by atoms with Crippen LogP contribution >= 0.6 is 0 Å². The van der Waals surface area contributed by atoms with Crippen LogP contribution < -0.4 is 0 Å². The van der Waals surface area contributed by atoms with Crippen LogP contribution in [0, 0.1) is 18.3 Å². The monoisotopic (exact) mass is 246 g/mol. The number of fused-ring (bicyclic) bond motifs is 1. The summed E-state index contributed by atoms with van der Waals surface area (Å²) in [6.07, 6.45) is 0. The van der Waals surface area contributed by atoms with Gasteiger partial charge in [-0.05, 0) is 42.1 Å². The molecule has 0 spiro atoms. The van der Waals surface area contributed by atoms with Gasteiger partial charge in [-0.25, -0.2) is 0 Å². The summed E-state index contributed by atoms with van der Waals surface area (Å²) in [6, 6.07) is 20.6. The number of aromatic nitrogens is 1. The van der Waals surface area contributed by atoms with Crippen LogP contribution in [0.5, 0.6) is 0 Å². The Labute approximate surface area is 112 Å². The number of nitriles is 1. The molecule has 0 radical (unpaired) electrons. The Bertz CT molecular complexity index is 775. The van der Waals surface area contributed by atoms with Crippen molar-refractivity contribution in [2.75, 3.05) is 0 Å². The molecule has 1 heterocycles. The van der Waals surface area contributed by atoms with Crippen LogP contribution in [0.25, 0.3) is 10.9 Å². The first-order chi connectivity index (χ1) is 9.28. The van der Waals surface area contributed by atoms with Gasteiger partial charge in [-0.15, -0.1) is 0 Å². The van der Waals surface area contributed by atoms with Crippen LogP contribution in [0.15, 0.2) is 54.6 Å². The Morgan fingerprint density at radius 1 is 1.05 bits per heavy atom. The van der Waals surface area contributed by atoms with E-state index in [0.29, 0.717) is 5.56 Å². The quantitative estimate of drug-likeness (QED) is 0.674. The molecule has 3 aromatic rings. The standard InChI is InChI=1S/C17H14N2/c1-13-9-16-7-2-3-8-17(16)19(13)12-15-6-4-5-14(10-15)11-18/h2-10H,12H2,1H3. The number of benzene rings is 2. The van der Waals surface area contributed by atoms with E-state index in [1.807, 2.05) is 18.2 Å². The molecule has 92 valence electrons. The highest BCUT2D eigenvalue weighted by Crippen LogP contribution is 2.20. The van der Waals surface area contributed by atoms with Gasteiger partial charge in [-0.2, -0.15) is 5.26 Å². The summed E-state index contributed by atoms with van der Waals surface area (Å²) in [5.41, 5.74) is 4.35. The van der Waals surface area contributed by atoms with Crippen LogP contribution in [-0.4, -0.2) is 4.57 Å². The number of hydrogen-bond acceptors (Lipinski definition) is 1. The Morgan fingerprint density at radius 3 is 2.74 bits per heavy atom. The summed E-state index contributed by atoms with van der Waals surface area (Å²) in [5.74, 6) is 0. The van der Waals surface area contributed by atoms with E-state index in [0.717, 1.165) is 12.1 Å². The fourth-order valence-corrected chi connectivity index (χ4v) is 2.48. The zero-order valence-electron chi connectivity index (χ0n) is 10.8. The average molecular weight is 246 g/mol. The molecule has 19 heavy (non-hydrogen) atoms. The lowest BCUT2D eigenvalue weighted by molar-refractivity contribution is 0.805. The van der Waals surface area contributed by atoms with E-state index >= 15 is 0 Å². The fourth-order valence-electron chi connectivity index (χ4n) is 2.48. The highest BCUT2D eigenvalue weighted by Gasteiger charge is 2.05. The summed E-state index contributed by atoms with van der Waals surface area (Å²) in [6.45, 7) is 2.92. The van der Waals surface area contributed by atoms with E-state index in [4.69, 9.17) is 5.26 Å². The summed E-state index contributed by atoms with van der Waals surface area (Å²) < 4.78 is 2.28. The molecule has 0 aliphatic heterocycles. The molecule has 0 bridgehead atoms. The second kappa shape index (κ2) is 4.62. The molecule has 2 nitrogen and oxygen atoms in total. The molecule has 0 unspecified atom stereocenters. The van der Waals surface area contributed by atoms with E-state index in [9.17, 15) is 0 Å². The predicted octanol–water partition coefficient (Wildman–Crippen LogP) is 3.87. The first kappa shape index (κ1) is 11.6. The van der Waals surface area contributed by atoms with Crippen molar-refractivity contribution in [3.8, 4) is 6.07 Å². The van der Waals surface area contributed by atoms with E-state index in [2.05, 4.69) is 54.0 Å². The molecule has 0 amide bonds. The normalized spacial score (nSPS) is 10.5. The molecule has 1 aromatic heterocycles. The van der Waals surface area contributed by atoms with Gasteiger partial charge in [0, 0.05) is 17.8 Å². The first-order valence-corrected chi connectivity index (χ1v) is 6.32. The predicted molar refractivity (Wildman–Crippen MR) is 76.9 cm³/mol. The van der Waals surface area contributed by atoms with Gasteiger partial charge in [0.25, 0.3) is 0 Å². The van der Waals surface area contributed by atoms with Gasteiger partial charge in [-0.3, -0.25) is 0 Å². The van der Waals surface area contributed by atoms with Crippen LogP contribution in [0.1, 0.15) is 16.8 Å². The van der Waals surface area contributed by atoms with Gasteiger partial charge < -0.3 is 4.57 Å². The van der Waals surface area contributed by atoms with Gasteiger partial charge in [0.2, 0.25) is 0 Å². The summed E-state index contributed by atoms with van der Waals surface area (Å²) in [7, 11) is 0. The smallest absolute Gasteiger partial charge is 0.0991 e. The van der Waals surface area contributed by atoms with Crippen LogP contribution in [-0.2, 0) is 6.54 Å². The summed E-state index contributed by atoms with van der Waals surface area (Å²) in [5, 5.41) is 10.2. The third-order valence-corrected chi connectivity index (χ3v) is 3.41.